The Labute approximate surface area is 148 Å². The second kappa shape index (κ2) is 7.08. The molecule has 0 spiro atoms. The third kappa shape index (κ3) is 3.89. The van der Waals surface area contributed by atoms with Gasteiger partial charge in [-0.3, -0.25) is 4.90 Å². The minimum absolute atomic E-state index is 0.307. The zero-order valence-corrected chi connectivity index (χ0v) is 14.2. The number of rotatable bonds is 5. The molecule has 2 aliphatic rings. The molecule has 2 fully saturated rings. The Hall–Kier alpha value is -2.65. The van der Waals surface area contributed by atoms with E-state index in [9.17, 15) is 0 Å². The van der Waals surface area contributed by atoms with Gasteiger partial charge in [0.1, 0.15) is 6.07 Å². The molecule has 25 heavy (non-hydrogen) atoms. The molecule has 1 aromatic carbocycles. The second-order valence-electron chi connectivity index (χ2n) is 6.77. The molecule has 1 aliphatic heterocycles. The quantitative estimate of drug-likeness (QED) is 0.906. The summed E-state index contributed by atoms with van der Waals surface area (Å²) in [6.45, 7) is 5.67. The fraction of sp³-hybridized carbons (Fsp3) is 0.421. The molecule has 2 heterocycles. The van der Waals surface area contributed by atoms with Crippen molar-refractivity contribution in [3.8, 4) is 6.07 Å². The molecule has 1 saturated carbocycles. The zero-order valence-electron chi connectivity index (χ0n) is 14.2. The predicted molar refractivity (Wildman–Crippen MR) is 97.8 cm³/mol. The average molecular weight is 334 g/mol. The molecular formula is C19H22N6. The van der Waals surface area contributed by atoms with E-state index >= 15 is 0 Å². The molecule has 0 radical (unpaired) electrons. The highest BCUT2D eigenvalue weighted by molar-refractivity contribution is 5.65. The number of nitriles is 1. The number of nitrogens with one attached hydrogen (secondary N) is 1. The van der Waals surface area contributed by atoms with Gasteiger partial charge in [0.15, 0.2) is 11.5 Å². The van der Waals surface area contributed by atoms with Crippen molar-refractivity contribution in [3.05, 3.63) is 42.4 Å². The van der Waals surface area contributed by atoms with Crippen LogP contribution in [0.15, 0.2) is 36.7 Å². The van der Waals surface area contributed by atoms with Crippen LogP contribution in [0.1, 0.15) is 18.5 Å². The number of hydrogen-bond donors (Lipinski definition) is 1. The van der Waals surface area contributed by atoms with Gasteiger partial charge in [-0.2, -0.15) is 5.26 Å². The van der Waals surface area contributed by atoms with Crippen LogP contribution in [0.25, 0.3) is 0 Å². The van der Waals surface area contributed by atoms with Crippen LogP contribution in [0, 0.1) is 17.2 Å². The lowest BCUT2D eigenvalue weighted by molar-refractivity contribution is 0.248. The Bertz CT molecular complexity index is 771. The number of hydrogen-bond acceptors (Lipinski definition) is 6. The minimum Gasteiger partial charge on any atom is -0.369 e. The van der Waals surface area contributed by atoms with Gasteiger partial charge in [-0.15, -0.1) is 0 Å². The summed E-state index contributed by atoms with van der Waals surface area (Å²) < 4.78 is 0. The first-order valence-electron chi connectivity index (χ1n) is 8.87. The molecule has 1 saturated heterocycles. The normalized spacial score (nSPS) is 18.0. The maximum Gasteiger partial charge on any atom is 0.183 e. The zero-order chi connectivity index (χ0) is 17.1. The molecule has 6 heteroatoms. The molecule has 1 aromatic heterocycles. The molecule has 2 aromatic rings. The van der Waals surface area contributed by atoms with E-state index in [0.717, 1.165) is 37.8 Å². The van der Waals surface area contributed by atoms with E-state index in [1.165, 1.54) is 31.3 Å². The van der Waals surface area contributed by atoms with E-state index in [4.69, 9.17) is 5.26 Å². The lowest BCUT2D eigenvalue weighted by Gasteiger charge is -2.36. The maximum absolute atomic E-state index is 9.14. The monoisotopic (exact) mass is 334 g/mol. The molecule has 4 rings (SSSR count). The Morgan fingerprint density at radius 2 is 1.92 bits per heavy atom. The van der Waals surface area contributed by atoms with Gasteiger partial charge in [0.05, 0.1) is 0 Å². The van der Waals surface area contributed by atoms with Crippen LogP contribution in [-0.2, 0) is 0 Å². The number of piperazine rings is 1. The average Bonchev–Trinajstić information content (AvgIpc) is 3.47. The van der Waals surface area contributed by atoms with E-state index in [1.807, 2.05) is 12.1 Å². The number of benzene rings is 1. The molecule has 0 unspecified atom stereocenters. The van der Waals surface area contributed by atoms with Gasteiger partial charge in [-0.1, -0.05) is 6.07 Å². The van der Waals surface area contributed by atoms with Gasteiger partial charge in [0, 0.05) is 56.5 Å². The van der Waals surface area contributed by atoms with E-state index < -0.39 is 0 Å². The summed E-state index contributed by atoms with van der Waals surface area (Å²) in [4.78, 5) is 13.3. The molecule has 0 bridgehead atoms. The number of aromatic nitrogens is 2. The van der Waals surface area contributed by atoms with Crippen LogP contribution in [0.2, 0.25) is 0 Å². The number of anilines is 3. The topological polar surface area (TPSA) is 68.1 Å². The van der Waals surface area contributed by atoms with E-state index in [-0.39, 0.29) is 0 Å². The van der Waals surface area contributed by atoms with Gasteiger partial charge < -0.3 is 10.2 Å². The molecule has 0 amide bonds. The predicted octanol–water partition coefficient (Wildman–Crippen LogP) is 2.62. The SMILES string of the molecule is N#Cc1nccnc1Nc1cccc(N2CCN(CC3CC3)CC2)c1. The highest BCUT2D eigenvalue weighted by atomic mass is 15.3. The van der Waals surface area contributed by atoms with Crippen molar-refractivity contribution in [2.45, 2.75) is 12.8 Å². The summed E-state index contributed by atoms with van der Waals surface area (Å²) in [6.07, 6.45) is 5.95. The highest BCUT2D eigenvalue weighted by Crippen LogP contribution is 2.30. The summed E-state index contributed by atoms with van der Waals surface area (Å²) in [6, 6.07) is 10.4. The smallest absolute Gasteiger partial charge is 0.183 e. The van der Waals surface area contributed by atoms with Gasteiger partial charge in [0.25, 0.3) is 0 Å². The van der Waals surface area contributed by atoms with Gasteiger partial charge in [-0.25, -0.2) is 9.97 Å². The Balaban J connectivity index is 1.42. The fourth-order valence-electron chi connectivity index (χ4n) is 3.28. The molecular weight excluding hydrogens is 312 g/mol. The Morgan fingerprint density at radius 1 is 1.12 bits per heavy atom. The van der Waals surface area contributed by atoms with E-state index in [2.05, 4.69) is 43.3 Å². The van der Waals surface area contributed by atoms with Crippen LogP contribution in [-0.4, -0.2) is 47.6 Å². The summed E-state index contributed by atoms with van der Waals surface area (Å²) in [5.41, 5.74) is 2.44. The second-order valence-corrected chi connectivity index (χ2v) is 6.77. The summed E-state index contributed by atoms with van der Waals surface area (Å²) in [7, 11) is 0. The molecule has 1 N–H and O–H groups in total. The van der Waals surface area contributed by atoms with Crippen molar-refractivity contribution >= 4 is 17.2 Å². The Kier molecular flexibility index (Phi) is 4.49. The van der Waals surface area contributed by atoms with Crippen LogP contribution < -0.4 is 10.2 Å². The number of nitrogens with zero attached hydrogens (tertiary/aromatic N) is 5. The van der Waals surface area contributed by atoms with E-state index in [0.29, 0.717) is 11.5 Å². The van der Waals surface area contributed by atoms with Crippen molar-refractivity contribution in [2.24, 2.45) is 5.92 Å². The lowest BCUT2D eigenvalue weighted by Crippen LogP contribution is -2.47. The first kappa shape index (κ1) is 15.9. The van der Waals surface area contributed by atoms with E-state index in [1.54, 1.807) is 6.20 Å². The van der Waals surface area contributed by atoms with Crippen molar-refractivity contribution in [1.29, 1.82) is 5.26 Å². The summed E-state index contributed by atoms with van der Waals surface area (Å²) in [5, 5.41) is 12.4. The summed E-state index contributed by atoms with van der Waals surface area (Å²) in [5.74, 6) is 1.46. The molecule has 0 atom stereocenters. The maximum atomic E-state index is 9.14. The Morgan fingerprint density at radius 3 is 2.68 bits per heavy atom. The lowest BCUT2D eigenvalue weighted by atomic mass is 10.2. The first-order valence-corrected chi connectivity index (χ1v) is 8.87. The van der Waals surface area contributed by atoms with Crippen LogP contribution in [0.4, 0.5) is 17.2 Å². The highest BCUT2D eigenvalue weighted by Gasteiger charge is 2.26. The van der Waals surface area contributed by atoms with Gasteiger partial charge in [0.2, 0.25) is 0 Å². The third-order valence-electron chi connectivity index (χ3n) is 4.86. The van der Waals surface area contributed by atoms with Crippen molar-refractivity contribution in [3.63, 3.8) is 0 Å². The van der Waals surface area contributed by atoms with Gasteiger partial charge in [-0.05, 0) is 37.0 Å². The largest absolute Gasteiger partial charge is 0.369 e. The van der Waals surface area contributed by atoms with Crippen LogP contribution >= 0.6 is 0 Å². The summed E-state index contributed by atoms with van der Waals surface area (Å²) >= 11 is 0. The first-order chi connectivity index (χ1) is 12.3. The minimum atomic E-state index is 0.307. The molecule has 128 valence electrons. The van der Waals surface area contributed by atoms with Crippen molar-refractivity contribution in [2.75, 3.05) is 42.9 Å². The van der Waals surface area contributed by atoms with Crippen LogP contribution in [0.3, 0.4) is 0 Å². The standard InChI is InChI=1S/C19H22N6/c20-13-18-19(22-7-6-21-18)23-16-2-1-3-17(12-16)25-10-8-24(9-11-25)14-15-4-5-15/h1-3,6-7,12,15H,4-5,8-11,14H2,(H,22,23). The molecule has 6 nitrogen and oxygen atoms in total. The third-order valence-corrected chi connectivity index (χ3v) is 4.86. The van der Waals surface area contributed by atoms with Crippen molar-refractivity contribution < 1.29 is 0 Å². The molecule has 1 aliphatic carbocycles. The van der Waals surface area contributed by atoms with Gasteiger partial charge >= 0.3 is 0 Å². The fourth-order valence-corrected chi connectivity index (χ4v) is 3.28. The van der Waals surface area contributed by atoms with Crippen LogP contribution in [0.5, 0.6) is 0 Å². The van der Waals surface area contributed by atoms with Crippen molar-refractivity contribution in [1.82, 2.24) is 14.9 Å².